The molecule has 0 spiro atoms. The molecule has 3 N–H and O–H groups in total. The lowest BCUT2D eigenvalue weighted by atomic mass is 10.0. The van der Waals surface area contributed by atoms with Crippen molar-refractivity contribution in [2.45, 2.75) is 26.3 Å². The van der Waals surface area contributed by atoms with Crippen LogP contribution < -0.4 is 15.8 Å². The van der Waals surface area contributed by atoms with Crippen molar-refractivity contribution in [3.8, 4) is 11.5 Å². The topological polar surface area (TPSA) is 84.7 Å². The first kappa shape index (κ1) is 24.0. The van der Waals surface area contributed by atoms with Gasteiger partial charge >= 0.3 is 0 Å². The zero-order valence-corrected chi connectivity index (χ0v) is 19.2. The van der Waals surface area contributed by atoms with Gasteiger partial charge in [-0.15, -0.1) is 0 Å². The van der Waals surface area contributed by atoms with Crippen LogP contribution in [-0.4, -0.2) is 42.4 Å². The summed E-state index contributed by atoms with van der Waals surface area (Å²) in [6.45, 7) is 6.71. The highest BCUT2D eigenvalue weighted by molar-refractivity contribution is 5.94. The second kappa shape index (κ2) is 11.8. The first-order chi connectivity index (χ1) is 16.0. The Morgan fingerprint density at radius 3 is 1.91 bits per heavy atom. The molecule has 1 atom stereocenters. The van der Waals surface area contributed by atoms with Gasteiger partial charge in [-0.25, -0.2) is 0 Å². The number of benzene rings is 3. The smallest absolute Gasteiger partial charge is 0.251 e. The van der Waals surface area contributed by atoms with Gasteiger partial charge in [0.2, 0.25) is 5.91 Å². The van der Waals surface area contributed by atoms with Crippen molar-refractivity contribution in [3.05, 3.63) is 95.6 Å². The van der Waals surface area contributed by atoms with E-state index < -0.39 is 5.91 Å². The number of ether oxygens (including phenoxy) is 1. The molecule has 0 aliphatic rings. The van der Waals surface area contributed by atoms with E-state index in [9.17, 15) is 9.59 Å². The molecule has 6 nitrogen and oxygen atoms in total. The summed E-state index contributed by atoms with van der Waals surface area (Å²) in [5.74, 6) is 0.588. The van der Waals surface area contributed by atoms with E-state index in [4.69, 9.17) is 10.5 Å². The number of amides is 2. The Morgan fingerprint density at radius 2 is 1.39 bits per heavy atom. The van der Waals surface area contributed by atoms with E-state index in [1.807, 2.05) is 18.2 Å². The SMILES string of the molecule is CCN(CC)C(CNC(=O)c1ccc(Oc2ccc(C(N)=O)cc2)cc1)Cc1ccccc1. The molecule has 0 radical (unpaired) electrons. The zero-order valence-electron chi connectivity index (χ0n) is 19.2. The van der Waals surface area contributed by atoms with Crippen molar-refractivity contribution >= 4 is 11.8 Å². The summed E-state index contributed by atoms with van der Waals surface area (Å²) in [6, 6.07) is 24.1. The van der Waals surface area contributed by atoms with E-state index in [-0.39, 0.29) is 11.9 Å². The lowest BCUT2D eigenvalue weighted by Crippen LogP contribution is -2.45. The van der Waals surface area contributed by atoms with Gasteiger partial charge in [0, 0.05) is 23.7 Å². The second-order valence-electron chi connectivity index (χ2n) is 7.79. The molecule has 3 aromatic rings. The number of carbonyl (C=O) groups is 2. The van der Waals surface area contributed by atoms with Crippen molar-refractivity contribution < 1.29 is 14.3 Å². The fourth-order valence-corrected chi connectivity index (χ4v) is 3.77. The van der Waals surface area contributed by atoms with Gasteiger partial charge in [0.05, 0.1) is 0 Å². The van der Waals surface area contributed by atoms with E-state index >= 15 is 0 Å². The number of primary amides is 1. The van der Waals surface area contributed by atoms with Crippen molar-refractivity contribution in [3.63, 3.8) is 0 Å². The number of nitrogens with zero attached hydrogens (tertiary/aromatic N) is 1. The van der Waals surface area contributed by atoms with Gasteiger partial charge in [0.25, 0.3) is 5.91 Å². The third-order valence-electron chi connectivity index (χ3n) is 5.63. The van der Waals surface area contributed by atoms with E-state index in [0.717, 1.165) is 19.5 Å². The molecule has 6 heteroatoms. The summed E-state index contributed by atoms with van der Waals surface area (Å²) in [5, 5.41) is 3.09. The van der Waals surface area contributed by atoms with Crippen LogP contribution >= 0.6 is 0 Å². The molecule has 0 saturated heterocycles. The number of carbonyl (C=O) groups excluding carboxylic acids is 2. The van der Waals surface area contributed by atoms with Gasteiger partial charge in [-0.3, -0.25) is 14.5 Å². The van der Waals surface area contributed by atoms with E-state index in [1.54, 1.807) is 48.5 Å². The molecule has 0 aliphatic carbocycles. The van der Waals surface area contributed by atoms with Gasteiger partial charge in [-0.1, -0.05) is 44.2 Å². The van der Waals surface area contributed by atoms with Crippen LogP contribution in [-0.2, 0) is 6.42 Å². The monoisotopic (exact) mass is 445 g/mol. The molecule has 1 unspecified atom stereocenters. The maximum atomic E-state index is 12.8. The Bertz CT molecular complexity index is 1030. The maximum Gasteiger partial charge on any atom is 0.251 e. The molecular formula is C27H31N3O3. The summed E-state index contributed by atoms with van der Waals surface area (Å²) in [6.07, 6.45) is 0.879. The third kappa shape index (κ3) is 6.92. The summed E-state index contributed by atoms with van der Waals surface area (Å²) in [5.41, 5.74) is 7.51. The van der Waals surface area contributed by atoms with Crippen LogP contribution in [0.2, 0.25) is 0 Å². The van der Waals surface area contributed by atoms with Gasteiger partial charge in [0.15, 0.2) is 0 Å². The molecule has 3 rings (SSSR count). The minimum Gasteiger partial charge on any atom is -0.457 e. The van der Waals surface area contributed by atoms with Crippen LogP contribution in [0.3, 0.4) is 0 Å². The average Bonchev–Trinajstić information content (AvgIpc) is 2.84. The first-order valence-electron chi connectivity index (χ1n) is 11.2. The maximum absolute atomic E-state index is 12.8. The molecule has 172 valence electrons. The van der Waals surface area contributed by atoms with Crippen molar-refractivity contribution in [1.29, 1.82) is 0 Å². The third-order valence-corrected chi connectivity index (χ3v) is 5.63. The zero-order chi connectivity index (χ0) is 23.6. The molecule has 0 heterocycles. The lowest BCUT2D eigenvalue weighted by molar-refractivity contribution is 0.0933. The summed E-state index contributed by atoms with van der Waals surface area (Å²) < 4.78 is 5.78. The molecule has 0 aliphatic heterocycles. The Kier molecular flexibility index (Phi) is 8.61. The average molecular weight is 446 g/mol. The fourth-order valence-electron chi connectivity index (χ4n) is 3.77. The van der Waals surface area contributed by atoms with E-state index in [2.05, 4.69) is 36.2 Å². The molecule has 2 amide bonds. The summed E-state index contributed by atoms with van der Waals surface area (Å²) >= 11 is 0. The second-order valence-corrected chi connectivity index (χ2v) is 7.79. The normalized spacial score (nSPS) is 11.7. The van der Waals surface area contributed by atoms with E-state index in [1.165, 1.54) is 5.56 Å². The van der Waals surface area contributed by atoms with Crippen LogP contribution in [0.15, 0.2) is 78.9 Å². The quantitative estimate of drug-likeness (QED) is 0.462. The highest BCUT2D eigenvalue weighted by atomic mass is 16.5. The first-order valence-corrected chi connectivity index (χ1v) is 11.2. The Morgan fingerprint density at radius 1 is 0.848 bits per heavy atom. The predicted molar refractivity (Wildman–Crippen MR) is 131 cm³/mol. The molecular weight excluding hydrogens is 414 g/mol. The largest absolute Gasteiger partial charge is 0.457 e. The molecule has 0 saturated carbocycles. The van der Waals surface area contributed by atoms with E-state index in [0.29, 0.717) is 29.2 Å². The number of nitrogens with one attached hydrogen (secondary N) is 1. The fraction of sp³-hybridized carbons (Fsp3) is 0.259. The standard InChI is InChI=1S/C27H31N3O3/c1-3-30(4-2)23(18-20-8-6-5-7-9-20)19-29-27(32)22-12-16-25(17-13-22)33-24-14-10-21(11-15-24)26(28)31/h5-17,23H,3-4,18-19H2,1-2H3,(H2,28,31)(H,29,32). The van der Waals surface area contributed by atoms with Crippen LogP contribution in [0, 0.1) is 0 Å². The van der Waals surface area contributed by atoms with Crippen LogP contribution in [0.25, 0.3) is 0 Å². The van der Waals surface area contributed by atoms with Gasteiger partial charge in [-0.2, -0.15) is 0 Å². The molecule has 0 fully saturated rings. The van der Waals surface area contributed by atoms with Gasteiger partial charge in [0.1, 0.15) is 11.5 Å². The van der Waals surface area contributed by atoms with Crippen LogP contribution in [0.4, 0.5) is 0 Å². The predicted octanol–water partition coefficient (Wildman–Crippen LogP) is 4.26. The molecule has 0 bridgehead atoms. The minimum atomic E-state index is -0.482. The minimum absolute atomic E-state index is 0.113. The molecule has 0 aromatic heterocycles. The van der Waals surface area contributed by atoms with Crippen molar-refractivity contribution in [2.75, 3.05) is 19.6 Å². The van der Waals surface area contributed by atoms with Crippen molar-refractivity contribution in [2.24, 2.45) is 5.73 Å². The Hall–Kier alpha value is -3.64. The number of hydrogen-bond acceptors (Lipinski definition) is 4. The van der Waals surface area contributed by atoms with Gasteiger partial charge < -0.3 is 15.8 Å². The highest BCUT2D eigenvalue weighted by Gasteiger charge is 2.18. The summed E-state index contributed by atoms with van der Waals surface area (Å²) in [7, 11) is 0. The van der Waals surface area contributed by atoms with Crippen LogP contribution in [0.1, 0.15) is 40.1 Å². The molecule has 3 aromatic carbocycles. The number of hydrogen-bond donors (Lipinski definition) is 2. The van der Waals surface area contributed by atoms with Crippen molar-refractivity contribution in [1.82, 2.24) is 10.2 Å². The Balaban J connectivity index is 1.59. The number of nitrogens with two attached hydrogens (primary N) is 1. The Labute approximate surface area is 195 Å². The highest BCUT2D eigenvalue weighted by Crippen LogP contribution is 2.22. The van der Waals surface area contributed by atoms with Gasteiger partial charge in [-0.05, 0) is 73.6 Å². The number of likely N-dealkylation sites (N-methyl/N-ethyl adjacent to an activating group) is 1. The number of rotatable bonds is 11. The molecule has 33 heavy (non-hydrogen) atoms. The lowest BCUT2D eigenvalue weighted by Gasteiger charge is -2.30. The van der Waals surface area contributed by atoms with Crippen LogP contribution in [0.5, 0.6) is 11.5 Å². The summed E-state index contributed by atoms with van der Waals surface area (Å²) in [4.78, 5) is 26.3.